The number of nitrogens with one attached hydrogen (secondary N) is 1. The van der Waals surface area contributed by atoms with E-state index >= 15 is 0 Å². The predicted molar refractivity (Wildman–Crippen MR) is 100 cm³/mol. The highest BCUT2D eigenvalue weighted by atomic mass is 16.5. The van der Waals surface area contributed by atoms with Gasteiger partial charge in [-0.1, -0.05) is 35.9 Å². The van der Waals surface area contributed by atoms with Gasteiger partial charge < -0.3 is 10.1 Å². The first-order valence-corrected chi connectivity index (χ1v) is 8.19. The van der Waals surface area contributed by atoms with Gasteiger partial charge in [-0.15, -0.1) is 0 Å². The van der Waals surface area contributed by atoms with Gasteiger partial charge in [-0.05, 0) is 51.0 Å². The molecule has 2 aromatic carbocycles. The third-order valence-electron chi connectivity index (χ3n) is 3.80. The fourth-order valence-corrected chi connectivity index (χ4v) is 2.75. The monoisotopic (exact) mass is 334 g/mol. The molecular weight excluding hydrogens is 312 g/mol. The molecule has 2 rings (SSSR count). The number of hydrogen-bond donors (Lipinski definition) is 1. The van der Waals surface area contributed by atoms with Gasteiger partial charge in [-0.3, -0.25) is 4.79 Å². The lowest BCUT2D eigenvalue weighted by atomic mass is 10.0. The van der Waals surface area contributed by atoms with Crippen molar-refractivity contribution < 1.29 is 9.53 Å². The zero-order chi connectivity index (χ0) is 18.4. The molecule has 0 unspecified atom stereocenters. The van der Waals surface area contributed by atoms with Gasteiger partial charge in [0.1, 0.15) is 17.4 Å². The van der Waals surface area contributed by atoms with Crippen molar-refractivity contribution in [2.24, 2.45) is 0 Å². The molecule has 128 valence electrons. The summed E-state index contributed by atoms with van der Waals surface area (Å²) >= 11 is 0. The number of nitriles is 1. The van der Waals surface area contributed by atoms with Crippen LogP contribution in [-0.4, -0.2) is 12.5 Å². The fraction of sp³-hybridized carbons (Fsp3) is 0.238. The Morgan fingerprint density at radius 1 is 1.20 bits per heavy atom. The number of aryl methyl sites for hydroxylation is 3. The summed E-state index contributed by atoms with van der Waals surface area (Å²) in [6.07, 6.45) is 1.55. The van der Waals surface area contributed by atoms with Crippen LogP contribution in [0.25, 0.3) is 6.08 Å². The second-order valence-electron chi connectivity index (χ2n) is 5.87. The van der Waals surface area contributed by atoms with Crippen molar-refractivity contribution in [2.45, 2.75) is 27.7 Å². The molecule has 0 bridgehead atoms. The van der Waals surface area contributed by atoms with Crippen LogP contribution in [0.2, 0.25) is 0 Å². The second kappa shape index (κ2) is 8.16. The third-order valence-corrected chi connectivity index (χ3v) is 3.80. The zero-order valence-corrected chi connectivity index (χ0v) is 15.0. The summed E-state index contributed by atoms with van der Waals surface area (Å²) in [5, 5.41) is 12.3. The van der Waals surface area contributed by atoms with E-state index in [1.807, 2.05) is 70.2 Å². The number of benzene rings is 2. The Balaban J connectivity index is 2.33. The van der Waals surface area contributed by atoms with Crippen molar-refractivity contribution in [3.63, 3.8) is 0 Å². The minimum absolute atomic E-state index is 0.0338. The average molecular weight is 334 g/mol. The predicted octanol–water partition coefficient (Wildman–Crippen LogP) is 4.56. The van der Waals surface area contributed by atoms with Crippen molar-refractivity contribution in [3.8, 4) is 11.8 Å². The number of rotatable bonds is 5. The van der Waals surface area contributed by atoms with Crippen LogP contribution in [0.4, 0.5) is 5.69 Å². The van der Waals surface area contributed by atoms with Gasteiger partial charge in [-0.2, -0.15) is 5.26 Å². The zero-order valence-electron chi connectivity index (χ0n) is 15.0. The van der Waals surface area contributed by atoms with E-state index in [0.717, 1.165) is 22.4 Å². The van der Waals surface area contributed by atoms with E-state index in [4.69, 9.17) is 4.74 Å². The van der Waals surface area contributed by atoms with Gasteiger partial charge >= 0.3 is 0 Å². The Hall–Kier alpha value is -3.06. The highest BCUT2D eigenvalue weighted by Crippen LogP contribution is 2.24. The third kappa shape index (κ3) is 4.48. The molecule has 0 fully saturated rings. The Labute approximate surface area is 148 Å². The molecule has 0 atom stereocenters. The highest BCUT2D eigenvalue weighted by molar-refractivity contribution is 6.10. The molecule has 0 aliphatic carbocycles. The molecule has 0 saturated carbocycles. The molecule has 1 N–H and O–H groups in total. The molecular formula is C21H22N2O2. The minimum Gasteiger partial charge on any atom is -0.493 e. The summed E-state index contributed by atoms with van der Waals surface area (Å²) in [6, 6.07) is 13.3. The molecule has 1 amide bonds. The summed E-state index contributed by atoms with van der Waals surface area (Å²) in [4.78, 5) is 12.6. The summed E-state index contributed by atoms with van der Waals surface area (Å²) < 4.78 is 5.55. The lowest BCUT2D eigenvalue weighted by Crippen LogP contribution is -2.15. The first-order valence-electron chi connectivity index (χ1n) is 8.19. The number of carbonyl (C=O) groups is 1. The number of carbonyl (C=O) groups excluding carboxylic acids is 1. The maximum atomic E-state index is 12.6. The lowest BCUT2D eigenvalue weighted by molar-refractivity contribution is -0.112. The van der Waals surface area contributed by atoms with Crippen LogP contribution >= 0.6 is 0 Å². The normalized spacial score (nSPS) is 10.9. The first-order chi connectivity index (χ1) is 12.0. The van der Waals surface area contributed by atoms with Gasteiger partial charge in [0, 0.05) is 11.3 Å². The first kappa shape index (κ1) is 18.3. The molecule has 0 aliphatic rings. The second-order valence-corrected chi connectivity index (χ2v) is 5.87. The van der Waals surface area contributed by atoms with Gasteiger partial charge in [-0.25, -0.2) is 0 Å². The number of para-hydroxylation sites is 1. The van der Waals surface area contributed by atoms with E-state index < -0.39 is 5.91 Å². The maximum absolute atomic E-state index is 12.6. The van der Waals surface area contributed by atoms with Crippen LogP contribution in [0.5, 0.6) is 5.75 Å². The van der Waals surface area contributed by atoms with Crippen LogP contribution in [0.3, 0.4) is 0 Å². The molecule has 4 nitrogen and oxygen atoms in total. The largest absolute Gasteiger partial charge is 0.493 e. The SMILES string of the molecule is CCOc1ccccc1/C=C(\C#N)C(=O)Nc1c(C)cc(C)cc1C. The van der Waals surface area contributed by atoms with E-state index in [0.29, 0.717) is 17.9 Å². The molecule has 2 aromatic rings. The minimum atomic E-state index is -0.427. The number of anilines is 1. The molecule has 0 heterocycles. The molecule has 4 heteroatoms. The maximum Gasteiger partial charge on any atom is 0.266 e. The molecule has 0 aliphatic heterocycles. The summed E-state index contributed by atoms with van der Waals surface area (Å²) in [6.45, 7) is 8.30. The average Bonchev–Trinajstić information content (AvgIpc) is 2.57. The van der Waals surface area contributed by atoms with Crippen molar-refractivity contribution >= 4 is 17.7 Å². The molecule has 0 saturated heterocycles. The number of amides is 1. The van der Waals surface area contributed by atoms with Crippen LogP contribution in [0.1, 0.15) is 29.2 Å². The summed E-state index contributed by atoms with van der Waals surface area (Å²) in [7, 11) is 0. The standard InChI is InChI=1S/C21H22N2O2/c1-5-25-19-9-7-6-8-17(19)12-18(13-22)21(24)23-20-15(3)10-14(2)11-16(20)4/h6-12H,5H2,1-4H3,(H,23,24)/b18-12+. The quantitative estimate of drug-likeness (QED) is 0.644. The Kier molecular flexibility index (Phi) is 5.97. The smallest absolute Gasteiger partial charge is 0.266 e. The van der Waals surface area contributed by atoms with Crippen LogP contribution in [0, 0.1) is 32.1 Å². The van der Waals surface area contributed by atoms with E-state index in [9.17, 15) is 10.1 Å². The summed E-state index contributed by atoms with van der Waals surface area (Å²) in [5.74, 6) is 0.220. The van der Waals surface area contributed by atoms with Gasteiger partial charge in [0.15, 0.2) is 0 Å². The van der Waals surface area contributed by atoms with Crippen LogP contribution in [-0.2, 0) is 4.79 Å². The van der Waals surface area contributed by atoms with Crippen molar-refractivity contribution in [1.29, 1.82) is 5.26 Å². The summed E-state index contributed by atoms with van der Waals surface area (Å²) in [5.41, 5.74) is 4.56. The van der Waals surface area contributed by atoms with Gasteiger partial charge in [0.05, 0.1) is 6.61 Å². The van der Waals surface area contributed by atoms with Crippen molar-refractivity contribution in [2.75, 3.05) is 11.9 Å². The fourth-order valence-electron chi connectivity index (χ4n) is 2.75. The Morgan fingerprint density at radius 3 is 2.44 bits per heavy atom. The topological polar surface area (TPSA) is 62.1 Å². The van der Waals surface area contributed by atoms with Gasteiger partial charge in [0.25, 0.3) is 5.91 Å². The lowest BCUT2D eigenvalue weighted by Gasteiger charge is -2.13. The van der Waals surface area contributed by atoms with Crippen molar-refractivity contribution in [3.05, 3.63) is 64.2 Å². The number of ether oxygens (including phenoxy) is 1. The van der Waals surface area contributed by atoms with E-state index in [-0.39, 0.29) is 5.57 Å². The van der Waals surface area contributed by atoms with Gasteiger partial charge in [0.2, 0.25) is 0 Å². The van der Waals surface area contributed by atoms with Crippen molar-refractivity contribution in [1.82, 2.24) is 0 Å². The number of hydrogen-bond acceptors (Lipinski definition) is 3. The highest BCUT2D eigenvalue weighted by Gasteiger charge is 2.14. The Bertz CT molecular complexity index is 837. The van der Waals surface area contributed by atoms with Crippen LogP contribution < -0.4 is 10.1 Å². The molecule has 0 radical (unpaired) electrons. The molecule has 0 aromatic heterocycles. The molecule has 0 spiro atoms. The van der Waals surface area contributed by atoms with Crippen LogP contribution in [0.15, 0.2) is 42.0 Å². The van der Waals surface area contributed by atoms with E-state index in [1.54, 1.807) is 6.08 Å². The van der Waals surface area contributed by atoms with E-state index in [1.165, 1.54) is 0 Å². The molecule has 25 heavy (non-hydrogen) atoms. The number of nitrogens with zero attached hydrogens (tertiary/aromatic N) is 1. The Morgan fingerprint density at radius 2 is 1.84 bits per heavy atom. The van der Waals surface area contributed by atoms with E-state index in [2.05, 4.69) is 5.32 Å².